The average molecular weight is 297 g/mol. The van der Waals surface area contributed by atoms with Crippen LogP contribution in [0.4, 0.5) is 5.69 Å². The second kappa shape index (κ2) is 7.19. The van der Waals surface area contributed by atoms with Crippen LogP contribution < -0.4 is 10.1 Å². The number of carboxylic acids is 1. The molecule has 0 saturated heterocycles. The monoisotopic (exact) mass is 297 g/mol. The lowest BCUT2D eigenvalue weighted by atomic mass is 9.97. The lowest BCUT2D eigenvalue weighted by molar-refractivity contribution is -0.145. The van der Waals surface area contributed by atoms with Crippen molar-refractivity contribution in [2.45, 2.75) is 13.8 Å². The molecular formula is C14H19NO4S. The Balaban J connectivity index is 2.38. The van der Waals surface area contributed by atoms with Crippen LogP contribution in [0, 0.1) is 5.41 Å². The Morgan fingerprint density at radius 3 is 2.40 bits per heavy atom. The van der Waals surface area contributed by atoms with Crippen LogP contribution >= 0.6 is 11.8 Å². The largest absolute Gasteiger partial charge is 0.497 e. The summed E-state index contributed by atoms with van der Waals surface area (Å²) in [5.74, 6) is 0.323. The molecule has 0 radical (unpaired) electrons. The number of methoxy groups -OCH3 is 1. The molecule has 0 bridgehead atoms. The maximum absolute atomic E-state index is 11.7. The van der Waals surface area contributed by atoms with Gasteiger partial charge in [0.25, 0.3) is 0 Å². The Kier molecular flexibility index (Phi) is 5.88. The van der Waals surface area contributed by atoms with E-state index in [4.69, 9.17) is 9.84 Å². The average Bonchev–Trinajstić information content (AvgIpc) is 2.39. The molecule has 20 heavy (non-hydrogen) atoms. The molecule has 0 aliphatic carbocycles. The van der Waals surface area contributed by atoms with Gasteiger partial charge in [0.2, 0.25) is 5.91 Å². The Hall–Kier alpha value is -1.69. The van der Waals surface area contributed by atoms with Crippen LogP contribution in [-0.2, 0) is 9.59 Å². The van der Waals surface area contributed by atoms with E-state index < -0.39 is 11.4 Å². The summed E-state index contributed by atoms with van der Waals surface area (Å²) >= 11 is 1.31. The number of carboxylic acid groups (broad SMARTS) is 1. The van der Waals surface area contributed by atoms with Crippen LogP contribution in [-0.4, -0.2) is 35.6 Å². The van der Waals surface area contributed by atoms with Crippen molar-refractivity contribution in [1.82, 2.24) is 0 Å². The smallest absolute Gasteiger partial charge is 0.309 e. The van der Waals surface area contributed by atoms with Gasteiger partial charge in [0.05, 0.1) is 18.3 Å². The zero-order valence-corrected chi connectivity index (χ0v) is 12.6. The highest BCUT2D eigenvalue weighted by molar-refractivity contribution is 8.00. The topological polar surface area (TPSA) is 75.6 Å². The summed E-state index contributed by atoms with van der Waals surface area (Å²) in [6.07, 6.45) is 0. The fourth-order valence-corrected chi connectivity index (χ4v) is 2.33. The van der Waals surface area contributed by atoms with Gasteiger partial charge in [-0.15, -0.1) is 0 Å². The maximum Gasteiger partial charge on any atom is 0.309 e. The third-order valence-corrected chi connectivity index (χ3v) is 4.04. The number of benzene rings is 1. The second-order valence-electron chi connectivity index (χ2n) is 4.96. The van der Waals surface area contributed by atoms with E-state index >= 15 is 0 Å². The van der Waals surface area contributed by atoms with Crippen molar-refractivity contribution in [3.8, 4) is 5.75 Å². The van der Waals surface area contributed by atoms with E-state index in [2.05, 4.69) is 5.32 Å². The summed E-state index contributed by atoms with van der Waals surface area (Å²) in [5, 5.41) is 11.7. The lowest BCUT2D eigenvalue weighted by Gasteiger charge is -2.17. The van der Waals surface area contributed by atoms with Gasteiger partial charge in [0, 0.05) is 11.4 Å². The molecule has 2 N–H and O–H groups in total. The molecule has 1 amide bonds. The van der Waals surface area contributed by atoms with Gasteiger partial charge in [-0.25, -0.2) is 0 Å². The highest BCUT2D eigenvalue weighted by atomic mass is 32.2. The summed E-state index contributed by atoms with van der Waals surface area (Å²) in [6.45, 7) is 3.29. The van der Waals surface area contributed by atoms with Crippen LogP contribution in [0.5, 0.6) is 5.75 Å². The number of carbonyl (C=O) groups is 2. The first-order valence-corrected chi connectivity index (χ1v) is 7.25. The number of aliphatic carboxylic acids is 1. The molecule has 0 spiro atoms. The summed E-state index contributed by atoms with van der Waals surface area (Å²) in [4.78, 5) is 22.6. The molecule has 6 heteroatoms. The number of anilines is 1. The molecule has 0 atom stereocenters. The first-order valence-electron chi connectivity index (χ1n) is 6.10. The molecule has 1 rings (SSSR count). The predicted molar refractivity (Wildman–Crippen MR) is 80.4 cm³/mol. The fraction of sp³-hybridized carbons (Fsp3) is 0.429. The first-order chi connectivity index (χ1) is 9.35. The number of rotatable bonds is 7. The number of hydrogen-bond donors (Lipinski definition) is 2. The Morgan fingerprint density at radius 2 is 1.90 bits per heavy atom. The SMILES string of the molecule is COc1ccc(NC(=O)CSCC(C)(C)C(=O)O)cc1. The Morgan fingerprint density at radius 1 is 1.30 bits per heavy atom. The molecule has 1 aromatic carbocycles. The summed E-state index contributed by atoms with van der Waals surface area (Å²) < 4.78 is 5.03. The number of amides is 1. The summed E-state index contributed by atoms with van der Waals surface area (Å²) in [5.41, 5.74) is -0.140. The van der Waals surface area contributed by atoms with Gasteiger partial charge in [-0.3, -0.25) is 9.59 Å². The van der Waals surface area contributed by atoms with Crippen molar-refractivity contribution in [3.63, 3.8) is 0 Å². The van der Waals surface area contributed by atoms with Crippen LogP contribution in [0.3, 0.4) is 0 Å². The highest BCUT2D eigenvalue weighted by Gasteiger charge is 2.27. The molecule has 0 unspecified atom stereocenters. The summed E-state index contributed by atoms with van der Waals surface area (Å²) in [6, 6.07) is 7.03. The van der Waals surface area contributed by atoms with E-state index in [-0.39, 0.29) is 11.7 Å². The van der Waals surface area contributed by atoms with Crippen molar-refractivity contribution >= 4 is 29.3 Å². The molecule has 0 saturated carbocycles. The van der Waals surface area contributed by atoms with Crippen LogP contribution in [0.15, 0.2) is 24.3 Å². The minimum atomic E-state index is -0.861. The van der Waals surface area contributed by atoms with E-state index in [0.717, 1.165) is 5.75 Å². The molecule has 5 nitrogen and oxygen atoms in total. The van der Waals surface area contributed by atoms with Crippen LogP contribution in [0.25, 0.3) is 0 Å². The van der Waals surface area contributed by atoms with Crippen LogP contribution in [0.1, 0.15) is 13.8 Å². The second-order valence-corrected chi connectivity index (χ2v) is 5.94. The normalized spacial score (nSPS) is 10.9. The van der Waals surface area contributed by atoms with E-state index in [1.165, 1.54) is 11.8 Å². The highest BCUT2D eigenvalue weighted by Crippen LogP contribution is 2.22. The zero-order chi connectivity index (χ0) is 15.2. The van der Waals surface area contributed by atoms with Gasteiger partial charge in [-0.1, -0.05) is 0 Å². The van der Waals surface area contributed by atoms with Crippen molar-refractivity contribution < 1.29 is 19.4 Å². The van der Waals surface area contributed by atoms with Gasteiger partial charge < -0.3 is 15.2 Å². The number of carbonyl (C=O) groups excluding carboxylic acids is 1. The first kappa shape index (κ1) is 16.4. The van der Waals surface area contributed by atoms with Crippen molar-refractivity contribution in [2.75, 3.05) is 23.9 Å². The molecule has 110 valence electrons. The minimum absolute atomic E-state index is 0.152. The van der Waals surface area contributed by atoms with E-state index in [9.17, 15) is 9.59 Å². The minimum Gasteiger partial charge on any atom is -0.497 e. The molecule has 0 aliphatic rings. The molecule has 0 aliphatic heterocycles. The van der Waals surface area contributed by atoms with E-state index in [0.29, 0.717) is 11.4 Å². The maximum atomic E-state index is 11.7. The van der Waals surface area contributed by atoms with E-state index in [1.54, 1.807) is 45.2 Å². The zero-order valence-electron chi connectivity index (χ0n) is 11.8. The van der Waals surface area contributed by atoms with Gasteiger partial charge in [-0.2, -0.15) is 11.8 Å². The van der Waals surface area contributed by atoms with E-state index in [1.807, 2.05) is 0 Å². The lowest BCUT2D eigenvalue weighted by Crippen LogP contribution is -2.27. The molecule has 0 fully saturated rings. The van der Waals surface area contributed by atoms with Crippen molar-refractivity contribution in [1.29, 1.82) is 0 Å². The number of thioether (sulfide) groups is 1. The standard InChI is InChI=1S/C14H19NO4S/c1-14(2,13(17)18)9-20-8-12(16)15-10-4-6-11(19-3)7-5-10/h4-7H,8-9H2,1-3H3,(H,15,16)(H,17,18). The number of ether oxygens (including phenoxy) is 1. The molecule has 1 aromatic rings. The van der Waals surface area contributed by atoms with Gasteiger partial charge in [-0.05, 0) is 38.1 Å². The molecule has 0 aromatic heterocycles. The van der Waals surface area contributed by atoms with Crippen molar-refractivity contribution in [3.05, 3.63) is 24.3 Å². The number of hydrogen-bond acceptors (Lipinski definition) is 4. The van der Waals surface area contributed by atoms with Gasteiger partial charge in [0.1, 0.15) is 5.75 Å². The third-order valence-electron chi connectivity index (χ3n) is 2.65. The van der Waals surface area contributed by atoms with Gasteiger partial charge in [0.15, 0.2) is 0 Å². The Labute approximate surface area is 122 Å². The fourth-order valence-electron chi connectivity index (χ4n) is 1.33. The Bertz CT molecular complexity index is 471. The molecule has 0 heterocycles. The quantitative estimate of drug-likeness (QED) is 0.808. The van der Waals surface area contributed by atoms with Crippen LogP contribution in [0.2, 0.25) is 0 Å². The predicted octanol–water partition coefficient (Wildman–Crippen LogP) is 2.48. The summed E-state index contributed by atoms with van der Waals surface area (Å²) in [7, 11) is 1.58. The van der Waals surface area contributed by atoms with Crippen molar-refractivity contribution in [2.24, 2.45) is 5.41 Å². The molecular weight excluding hydrogens is 278 g/mol. The number of nitrogens with one attached hydrogen (secondary N) is 1. The third kappa shape index (κ3) is 5.13. The van der Waals surface area contributed by atoms with Gasteiger partial charge >= 0.3 is 5.97 Å².